The Morgan fingerprint density at radius 3 is 2.58 bits per heavy atom. The van der Waals surface area contributed by atoms with Gasteiger partial charge in [-0.3, -0.25) is 0 Å². The molecule has 0 aliphatic heterocycles. The van der Waals surface area contributed by atoms with Gasteiger partial charge in [0, 0.05) is 3.57 Å². The van der Waals surface area contributed by atoms with E-state index >= 15 is 0 Å². The molecule has 0 nitrogen and oxygen atoms in total. The lowest BCUT2D eigenvalue weighted by molar-refractivity contribution is 0.573. The average molecular weight is 278 g/mol. The first-order valence-corrected chi connectivity index (χ1v) is 5.11. The van der Waals surface area contributed by atoms with E-state index in [9.17, 15) is 4.39 Å². The molecule has 0 aliphatic rings. The number of hydrogen-bond acceptors (Lipinski definition) is 0. The predicted octanol–water partition coefficient (Wildman–Crippen LogP) is 3.63. The van der Waals surface area contributed by atoms with Crippen molar-refractivity contribution in [2.45, 2.75) is 20.3 Å². The maximum Gasteiger partial charge on any atom is 0.127 e. The maximum absolute atomic E-state index is 13.2. The van der Waals surface area contributed by atoms with Crippen molar-refractivity contribution in [1.82, 2.24) is 0 Å². The molecule has 0 unspecified atom stereocenters. The Bertz CT molecular complexity index is 269. The highest BCUT2D eigenvalue weighted by atomic mass is 127. The van der Waals surface area contributed by atoms with Crippen LogP contribution < -0.4 is 0 Å². The molecule has 0 aliphatic carbocycles. The molecule has 0 atom stereocenters. The van der Waals surface area contributed by atoms with Gasteiger partial charge in [-0.25, -0.2) is 4.39 Å². The first kappa shape index (κ1) is 9.96. The zero-order valence-corrected chi connectivity index (χ0v) is 9.43. The third-order valence-electron chi connectivity index (χ3n) is 1.64. The molecule has 0 aromatic heterocycles. The Morgan fingerprint density at radius 2 is 2.08 bits per heavy atom. The van der Waals surface area contributed by atoms with Crippen molar-refractivity contribution in [1.29, 1.82) is 0 Å². The summed E-state index contributed by atoms with van der Waals surface area (Å²) < 4.78 is 14.2. The molecule has 0 N–H and O–H groups in total. The lowest BCUT2D eigenvalue weighted by Gasteiger charge is -2.05. The van der Waals surface area contributed by atoms with Crippen LogP contribution in [0.4, 0.5) is 4.39 Å². The average Bonchev–Trinajstić information content (AvgIpc) is 1.94. The second kappa shape index (κ2) is 4.21. The minimum atomic E-state index is -0.0735. The van der Waals surface area contributed by atoms with Crippen molar-refractivity contribution in [3.8, 4) is 0 Å². The lowest BCUT2D eigenvalue weighted by atomic mass is 10.0. The van der Waals surface area contributed by atoms with Gasteiger partial charge in [0.15, 0.2) is 0 Å². The summed E-state index contributed by atoms with van der Waals surface area (Å²) in [5.41, 5.74) is 0.824. The summed E-state index contributed by atoms with van der Waals surface area (Å²) in [5, 5.41) is 0. The topological polar surface area (TPSA) is 0 Å². The molecule has 1 aromatic carbocycles. The van der Waals surface area contributed by atoms with Gasteiger partial charge in [-0.1, -0.05) is 19.9 Å². The second-order valence-electron chi connectivity index (χ2n) is 3.33. The fourth-order valence-electron chi connectivity index (χ4n) is 1.13. The summed E-state index contributed by atoms with van der Waals surface area (Å²) in [6, 6.07) is 5.40. The number of hydrogen-bond donors (Lipinski definition) is 0. The van der Waals surface area contributed by atoms with Crippen molar-refractivity contribution < 1.29 is 4.39 Å². The molecule has 66 valence electrons. The minimum Gasteiger partial charge on any atom is -0.207 e. The Balaban J connectivity index is 2.86. The van der Waals surface area contributed by atoms with Crippen molar-refractivity contribution >= 4 is 22.6 Å². The summed E-state index contributed by atoms with van der Waals surface area (Å²) in [6.07, 6.45) is 0.822. The van der Waals surface area contributed by atoms with Gasteiger partial charge in [-0.15, -0.1) is 0 Å². The standard InChI is InChI=1S/C10H12FI/c1-7(2)5-8-3-4-9(12)6-10(8)11/h3-4,6-7H,5H2,1-2H3. The predicted molar refractivity (Wildman–Crippen MR) is 57.7 cm³/mol. The van der Waals surface area contributed by atoms with E-state index in [1.165, 1.54) is 0 Å². The molecule has 1 rings (SSSR count). The van der Waals surface area contributed by atoms with Gasteiger partial charge in [0.2, 0.25) is 0 Å². The molecule has 0 bridgehead atoms. The fraction of sp³-hybridized carbons (Fsp3) is 0.400. The minimum absolute atomic E-state index is 0.0735. The molecular weight excluding hydrogens is 266 g/mol. The van der Waals surface area contributed by atoms with Gasteiger partial charge in [-0.05, 0) is 52.6 Å². The van der Waals surface area contributed by atoms with E-state index in [1.54, 1.807) is 6.07 Å². The van der Waals surface area contributed by atoms with Crippen LogP contribution in [0.3, 0.4) is 0 Å². The van der Waals surface area contributed by atoms with Crippen LogP contribution in [0.2, 0.25) is 0 Å². The summed E-state index contributed by atoms with van der Waals surface area (Å²) in [4.78, 5) is 0. The first-order valence-electron chi connectivity index (χ1n) is 4.03. The second-order valence-corrected chi connectivity index (χ2v) is 4.58. The van der Waals surface area contributed by atoms with Crippen LogP contribution in [0.15, 0.2) is 18.2 Å². The van der Waals surface area contributed by atoms with Gasteiger partial charge >= 0.3 is 0 Å². The lowest BCUT2D eigenvalue weighted by Crippen LogP contribution is -1.97. The SMILES string of the molecule is CC(C)Cc1ccc(I)cc1F. The molecule has 0 fully saturated rings. The molecule has 0 amide bonds. The molecule has 1 aromatic rings. The Kier molecular flexibility index (Phi) is 3.50. The van der Waals surface area contributed by atoms with Gasteiger partial charge in [-0.2, -0.15) is 0 Å². The number of rotatable bonds is 2. The van der Waals surface area contributed by atoms with E-state index < -0.39 is 0 Å². The van der Waals surface area contributed by atoms with Crippen LogP contribution in [0, 0.1) is 15.3 Å². The Morgan fingerprint density at radius 1 is 1.42 bits per heavy atom. The molecule has 0 saturated heterocycles. The van der Waals surface area contributed by atoms with Crippen LogP contribution in [0.5, 0.6) is 0 Å². The van der Waals surface area contributed by atoms with E-state index in [-0.39, 0.29) is 5.82 Å². The molecule has 2 heteroatoms. The molecule has 0 spiro atoms. The Labute approximate surface area is 86.3 Å². The first-order chi connectivity index (χ1) is 5.59. The molecule has 12 heavy (non-hydrogen) atoms. The maximum atomic E-state index is 13.2. The number of halogens is 2. The Hall–Kier alpha value is -0.120. The third-order valence-corrected chi connectivity index (χ3v) is 2.31. The van der Waals surface area contributed by atoms with Gasteiger partial charge < -0.3 is 0 Å². The summed E-state index contributed by atoms with van der Waals surface area (Å²) in [5.74, 6) is 0.440. The normalized spacial score (nSPS) is 10.8. The van der Waals surface area contributed by atoms with E-state index in [1.807, 2.05) is 12.1 Å². The van der Waals surface area contributed by atoms with Crippen LogP contribution in [-0.2, 0) is 6.42 Å². The van der Waals surface area contributed by atoms with Gasteiger partial charge in [0.05, 0.1) is 0 Å². The highest BCUT2D eigenvalue weighted by Crippen LogP contribution is 2.15. The van der Waals surface area contributed by atoms with Crippen molar-refractivity contribution in [3.05, 3.63) is 33.1 Å². The highest BCUT2D eigenvalue weighted by molar-refractivity contribution is 14.1. The molecular formula is C10H12FI. The zero-order valence-electron chi connectivity index (χ0n) is 7.27. The van der Waals surface area contributed by atoms with E-state index in [4.69, 9.17) is 0 Å². The molecule has 0 heterocycles. The monoisotopic (exact) mass is 278 g/mol. The number of benzene rings is 1. The van der Waals surface area contributed by atoms with E-state index in [2.05, 4.69) is 36.4 Å². The van der Waals surface area contributed by atoms with Crippen molar-refractivity contribution in [2.24, 2.45) is 5.92 Å². The van der Waals surface area contributed by atoms with Gasteiger partial charge in [0.25, 0.3) is 0 Å². The third kappa shape index (κ3) is 2.73. The highest BCUT2D eigenvalue weighted by Gasteiger charge is 2.04. The smallest absolute Gasteiger partial charge is 0.127 e. The zero-order chi connectivity index (χ0) is 9.14. The van der Waals surface area contributed by atoms with E-state index in [0.717, 1.165) is 15.6 Å². The molecule has 0 radical (unpaired) electrons. The summed E-state index contributed by atoms with van der Waals surface area (Å²) >= 11 is 2.12. The van der Waals surface area contributed by atoms with Crippen LogP contribution in [-0.4, -0.2) is 0 Å². The summed E-state index contributed by atoms with van der Waals surface area (Å²) in [6.45, 7) is 4.19. The fourth-order valence-corrected chi connectivity index (χ4v) is 1.58. The quantitative estimate of drug-likeness (QED) is 0.725. The van der Waals surface area contributed by atoms with Crippen LogP contribution in [0.25, 0.3) is 0 Å². The largest absolute Gasteiger partial charge is 0.207 e. The van der Waals surface area contributed by atoms with Crippen molar-refractivity contribution in [3.63, 3.8) is 0 Å². The van der Waals surface area contributed by atoms with Crippen molar-refractivity contribution in [2.75, 3.05) is 0 Å². The van der Waals surface area contributed by atoms with Gasteiger partial charge in [0.1, 0.15) is 5.82 Å². The van der Waals surface area contributed by atoms with E-state index in [0.29, 0.717) is 5.92 Å². The van der Waals surface area contributed by atoms with Crippen LogP contribution in [0.1, 0.15) is 19.4 Å². The van der Waals surface area contributed by atoms with Crippen LogP contribution >= 0.6 is 22.6 Å². The molecule has 0 saturated carbocycles. The summed E-state index contributed by atoms with van der Waals surface area (Å²) in [7, 11) is 0.